The minimum Gasteiger partial charge on any atom is -0.464 e. The number of nitriles is 1. The average Bonchev–Trinajstić information content (AvgIpc) is 3.14. The van der Waals surface area contributed by atoms with Crippen LogP contribution in [0.2, 0.25) is 0 Å². The van der Waals surface area contributed by atoms with Gasteiger partial charge >= 0.3 is 0 Å². The molecule has 2 bridgehead atoms. The largest absolute Gasteiger partial charge is 0.464 e. The van der Waals surface area contributed by atoms with Crippen LogP contribution in [0.25, 0.3) is 11.3 Å². The molecule has 2 aromatic rings. The molecule has 2 aliphatic rings. The molecule has 0 aromatic carbocycles. The van der Waals surface area contributed by atoms with Crippen molar-refractivity contribution < 1.29 is 4.42 Å². The van der Waals surface area contributed by atoms with Gasteiger partial charge in [0.1, 0.15) is 23.2 Å². The molecule has 0 radical (unpaired) electrons. The molecular weight excluding hydrogens is 238 g/mol. The molecule has 0 aliphatic heterocycles. The smallest absolute Gasteiger partial charge is 0.142 e. The number of pyridine rings is 1. The summed E-state index contributed by atoms with van der Waals surface area (Å²) in [7, 11) is 0. The Morgan fingerprint density at radius 3 is 2.95 bits per heavy atom. The highest BCUT2D eigenvalue weighted by Gasteiger charge is 2.41. The quantitative estimate of drug-likeness (QED) is 0.844. The van der Waals surface area contributed by atoms with Gasteiger partial charge in [-0.1, -0.05) is 0 Å². The maximum atomic E-state index is 9.39. The summed E-state index contributed by atoms with van der Waals surface area (Å²) in [4.78, 5) is 4.49. The second-order valence-electron chi connectivity index (χ2n) is 5.34. The summed E-state index contributed by atoms with van der Waals surface area (Å²) in [5.74, 6) is 2.10. The Bertz CT molecular complexity index is 697. The topological polar surface area (TPSA) is 75.8 Å². The number of hydrogen-bond donors (Lipinski definition) is 1. The van der Waals surface area contributed by atoms with E-state index in [1.165, 1.54) is 18.4 Å². The van der Waals surface area contributed by atoms with Gasteiger partial charge in [-0.2, -0.15) is 5.26 Å². The molecule has 19 heavy (non-hydrogen) atoms. The minimum absolute atomic E-state index is 0.334. The first-order valence-electron chi connectivity index (χ1n) is 6.57. The van der Waals surface area contributed by atoms with Gasteiger partial charge in [-0.25, -0.2) is 4.98 Å². The molecular formula is C15H13N3O. The van der Waals surface area contributed by atoms with E-state index in [4.69, 9.17) is 10.2 Å². The Hall–Kier alpha value is -2.28. The lowest BCUT2D eigenvalue weighted by atomic mass is 9.88. The molecule has 4 nitrogen and oxygen atoms in total. The summed E-state index contributed by atoms with van der Waals surface area (Å²) in [6, 6.07) is 5.92. The third kappa shape index (κ3) is 1.30. The van der Waals surface area contributed by atoms with Crippen molar-refractivity contribution in [3.05, 3.63) is 35.2 Å². The average molecular weight is 251 g/mol. The molecule has 2 N–H and O–H groups in total. The summed E-state index contributed by atoms with van der Waals surface area (Å²) < 4.78 is 5.52. The maximum Gasteiger partial charge on any atom is 0.142 e. The molecule has 0 saturated heterocycles. The predicted octanol–water partition coefficient (Wildman–Crippen LogP) is 3.16. The van der Waals surface area contributed by atoms with Crippen LogP contribution in [0.3, 0.4) is 0 Å². The fourth-order valence-electron chi connectivity index (χ4n) is 3.64. The van der Waals surface area contributed by atoms with Crippen LogP contribution < -0.4 is 5.73 Å². The second kappa shape index (κ2) is 3.61. The summed E-state index contributed by atoms with van der Waals surface area (Å²) in [5.41, 5.74) is 9.61. The van der Waals surface area contributed by atoms with Crippen molar-refractivity contribution in [2.75, 3.05) is 5.73 Å². The van der Waals surface area contributed by atoms with Crippen molar-refractivity contribution in [1.82, 2.24) is 4.98 Å². The van der Waals surface area contributed by atoms with Crippen LogP contribution in [0, 0.1) is 11.3 Å². The molecule has 2 aliphatic carbocycles. The number of nitrogens with zero attached hydrogens (tertiary/aromatic N) is 2. The van der Waals surface area contributed by atoms with Crippen LogP contribution in [-0.2, 0) is 0 Å². The zero-order valence-electron chi connectivity index (χ0n) is 10.4. The molecule has 94 valence electrons. The van der Waals surface area contributed by atoms with E-state index in [9.17, 15) is 5.26 Å². The number of nitrogens with two attached hydrogens (primary N) is 1. The highest BCUT2D eigenvalue weighted by molar-refractivity contribution is 5.78. The number of rotatable bonds is 1. The summed E-state index contributed by atoms with van der Waals surface area (Å²) in [6.45, 7) is 0. The summed E-state index contributed by atoms with van der Waals surface area (Å²) in [6.07, 6.45) is 5.15. The lowest BCUT2D eigenvalue weighted by Crippen LogP contribution is -2.08. The van der Waals surface area contributed by atoms with Crippen LogP contribution in [-0.4, -0.2) is 4.98 Å². The maximum absolute atomic E-state index is 9.39. The molecule has 0 spiro atoms. The Balaban J connectivity index is 2.08. The number of aromatic nitrogens is 1. The van der Waals surface area contributed by atoms with Gasteiger partial charge in [0.25, 0.3) is 0 Å². The molecule has 4 rings (SSSR count). The lowest BCUT2D eigenvalue weighted by Gasteiger charge is -2.19. The van der Waals surface area contributed by atoms with Crippen molar-refractivity contribution in [1.29, 1.82) is 5.26 Å². The highest BCUT2D eigenvalue weighted by Crippen LogP contribution is 2.56. The van der Waals surface area contributed by atoms with Crippen LogP contribution >= 0.6 is 0 Å². The number of anilines is 1. The normalized spacial score (nSPS) is 23.3. The predicted molar refractivity (Wildman–Crippen MR) is 70.4 cm³/mol. The van der Waals surface area contributed by atoms with Crippen LogP contribution in [0.15, 0.2) is 22.8 Å². The van der Waals surface area contributed by atoms with Gasteiger partial charge in [0.2, 0.25) is 0 Å². The van der Waals surface area contributed by atoms with Gasteiger partial charge in [-0.15, -0.1) is 0 Å². The van der Waals surface area contributed by atoms with Gasteiger partial charge < -0.3 is 10.2 Å². The molecule has 2 atom stereocenters. The number of furan rings is 1. The number of hydrogen-bond acceptors (Lipinski definition) is 4. The number of fused-ring (bicyclic) bond motifs is 5. The minimum atomic E-state index is 0.334. The lowest BCUT2D eigenvalue weighted by molar-refractivity contribution is 0.579. The molecule has 1 saturated carbocycles. The first kappa shape index (κ1) is 10.6. The Morgan fingerprint density at radius 2 is 2.21 bits per heavy atom. The van der Waals surface area contributed by atoms with Crippen LogP contribution in [0.5, 0.6) is 0 Å². The van der Waals surface area contributed by atoms with Gasteiger partial charge in [0.05, 0.1) is 12.0 Å². The van der Waals surface area contributed by atoms with E-state index < -0.39 is 0 Å². The third-order valence-corrected chi connectivity index (χ3v) is 4.40. The Morgan fingerprint density at radius 1 is 1.37 bits per heavy atom. The van der Waals surface area contributed by atoms with E-state index in [2.05, 4.69) is 11.1 Å². The summed E-state index contributed by atoms with van der Waals surface area (Å²) in [5, 5.41) is 9.39. The van der Waals surface area contributed by atoms with Gasteiger partial charge in [-0.3, -0.25) is 0 Å². The van der Waals surface area contributed by atoms with Crippen molar-refractivity contribution in [3.8, 4) is 17.4 Å². The van der Waals surface area contributed by atoms with Crippen molar-refractivity contribution in [2.24, 2.45) is 0 Å². The molecule has 2 heterocycles. The van der Waals surface area contributed by atoms with Crippen molar-refractivity contribution >= 4 is 5.82 Å². The van der Waals surface area contributed by atoms with E-state index in [0.717, 1.165) is 23.4 Å². The van der Waals surface area contributed by atoms with E-state index in [1.54, 1.807) is 6.26 Å². The van der Waals surface area contributed by atoms with Gasteiger partial charge in [0.15, 0.2) is 0 Å². The second-order valence-corrected chi connectivity index (χ2v) is 5.34. The highest BCUT2D eigenvalue weighted by atomic mass is 16.3. The molecule has 4 heteroatoms. The third-order valence-electron chi connectivity index (χ3n) is 4.40. The van der Waals surface area contributed by atoms with E-state index >= 15 is 0 Å². The summed E-state index contributed by atoms with van der Waals surface area (Å²) >= 11 is 0. The monoisotopic (exact) mass is 251 g/mol. The van der Waals surface area contributed by atoms with Crippen molar-refractivity contribution in [3.63, 3.8) is 0 Å². The van der Waals surface area contributed by atoms with Crippen LogP contribution in [0.1, 0.15) is 47.9 Å². The Kier molecular flexibility index (Phi) is 2.02. The fourth-order valence-corrected chi connectivity index (χ4v) is 3.64. The fraction of sp³-hybridized carbons (Fsp3) is 0.333. The first-order valence-corrected chi connectivity index (χ1v) is 6.57. The molecule has 1 fully saturated rings. The Labute approximate surface area is 110 Å². The van der Waals surface area contributed by atoms with Crippen molar-refractivity contribution in [2.45, 2.75) is 31.1 Å². The van der Waals surface area contributed by atoms with Gasteiger partial charge in [-0.05, 0) is 42.9 Å². The number of nitrogen functional groups attached to an aromatic ring is 1. The standard InChI is InChI=1S/C15H13N3O/c16-7-10-13(11-2-1-5-19-11)12-8-3-4-9(6-8)14(12)18-15(10)17/h1-2,5,8-9H,3-4,6H2,(H2,17,18). The zero-order chi connectivity index (χ0) is 13.0. The van der Waals surface area contributed by atoms with Crippen LogP contribution in [0.4, 0.5) is 5.82 Å². The molecule has 0 amide bonds. The van der Waals surface area contributed by atoms with E-state index in [1.807, 2.05) is 12.1 Å². The first-order chi connectivity index (χ1) is 9.29. The van der Waals surface area contributed by atoms with E-state index in [-0.39, 0.29) is 0 Å². The SMILES string of the molecule is N#Cc1c(N)nc2c(c1-c1ccco1)C1CCC2C1. The molecule has 2 unspecified atom stereocenters. The van der Waals surface area contributed by atoms with Gasteiger partial charge in [0, 0.05) is 11.5 Å². The van der Waals surface area contributed by atoms with E-state index in [0.29, 0.717) is 23.2 Å². The molecule has 2 aromatic heterocycles. The zero-order valence-corrected chi connectivity index (χ0v) is 10.4.